The van der Waals surface area contributed by atoms with E-state index in [4.69, 9.17) is 4.74 Å². The van der Waals surface area contributed by atoms with Gasteiger partial charge in [-0.2, -0.15) is 0 Å². The Labute approximate surface area is 154 Å². The summed E-state index contributed by atoms with van der Waals surface area (Å²) in [5, 5.41) is 13.4. The van der Waals surface area contributed by atoms with Gasteiger partial charge in [0.05, 0.1) is 18.4 Å². The molecule has 27 heavy (non-hydrogen) atoms. The number of aromatic nitrogens is 2. The number of hydrogen-bond donors (Lipinski definition) is 2. The van der Waals surface area contributed by atoms with Crippen LogP contribution in [0.5, 0.6) is 0 Å². The van der Waals surface area contributed by atoms with Crippen LogP contribution in [0.3, 0.4) is 0 Å². The standard InChI is InChI=1S/C19H15FN4O3/c1-27-19(26)14-4-2-3-5-15(14)22-17-11-10-16(23-24-17)18(25)21-13-8-6-12(20)7-9-13/h2-11H,1H3,(H,21,25)(H,22,24). The lowest BCUT2D eigenvalue weighted by atomic mass is 10.2. The second kappa shape index (κ2) is 8.05. The number of esters is 1. The van der Waals surface area contributed by atoms with Crippen LogP contribution in [0.15, 0.2) is 60.7 Å². The Morgan fingerprint density at radius 3 is 2.37 bits per heavy atom. The highest BCUT2D eigenvalue weighted by Crippen LogP contribution is 2.20. The average Bonchev–Trinajstić information content (AvgIpc) is 2.70. The van der Waals surface area contributed by atoms with Crippen LogP contribution in [0, 0.1) is 5.82 Å². The van der Waals surface area contributed by atoms with Crippen molar-refractivity contribution in [1.82, 2.24) is 10.2 Å². The molecule has 0 aliphatic heterocycles. The van der Waals surface area contributed by atoms with Gasteiger partial charge in [-0.1, -0.05) is 12.1 Å². The summed E-state index contributed by atoms with van der Waals surface area (Å²) < 4.78 is 17.6. The lowest BCUT2D eigenvalue weighted by Gasteiger charge is -2.10. The number of halogens is 1. The number of anilines is 3. The van der Waals surface area contributed by atoms with Gasteiger partial charge in [-0.15, -0.1) is 10.2 Å². The molecule has 0 bridgehead atoms. The molecular weight excluding hydrogens is 351 g/mol. The van der Waals surface area contributed by atoms with E-state index in [0.717, 1.165) is 0 Å². The zero-order valence-electron chi connectivity index (χ0n) is 14.3. The Morgan fingerprint density at radius 1 is 0.963 bits per heavy atom. The predicted molar refractivity (Wildman–Crippen MR) is 97.4 cm³/mol. The van der Waals surface area contributed by atoms with Gasteiger partial charge in [0.15, 0.2) is 11.5 Å². The van der Waals surface area contributed by atoms with Crippen molar-refractivity contribution >= 4 is 29.1 Å². The molecule has 3 rings (SSSR count). The minimum absolute atomic E-state index is 0.0890. The summed E-state index contributed by atoms with van der Waals surface area (Å²) in [4.78, 5) is 23.9. The van der Waals surface area contributed by atoms with Gasteiger partial charge in [0.2, 0.25) is 0 Å². The monoisotopic (exact) mass is 366 g/mol. The largest absolute Gasteiger partial charge is 0.465 e. The first kappa shape index (κ1) is 18.0. The van der Waals surface area contributed by atoms with Crippen LogP contribution in [-0.4, -0.2) is 29.2 Å². The van der Waals surface area contributed by atoms with Crippen LogP contribution in [0.1, 0.15) is 20.8 Å². The van der Waals surface area contributed by atoms with Gasteiger partial charge in [0.25, 0.3) is 5.91 Å². The maximum Gasteiger partial charge on any atom is 0.339 e. The third kappa shape index (κ3) is 4.43. The lowest BCUT2D eigenvalue weighted by Crippen LogP contribution is -2.14. The average molecular weight is 366 g/mol. The molecule has 1 aromatic heterocycles. The van der Waals surface area contributed by atoms with Crippen LogP contribution in [0.25, 0.3) is 0 Å². The van der Waals surface area contributed by atoms with Crippen molar-refractivity contribution in [3.8, 4) is 0 Å². The van der Waals surface area contributed by atoms with E-state index in [1.165, 1.54) is 37.4 Å². The number of carbonyl (C=O) groups is 2. The quantitative estimate of drug-likeness (QED) is 0.672. The van der Waals surface area contributed by atoms with Crippen LogP contribution in [-0.2, 0) is 4.74 Å². The number of nitrogens with zero attached hydrogens (tertiary/aromatic N) is 2. The SMILES string of the molecule is COC(=O)c1ccccc1Nc1ccc(C(=O)Nc2ccc(F)cc2)nn1. The van der Waals surface area contributed by atoms with Crippen molar-refractivity contribution < 1.29 is 18.7 Å². The van der Waals surface area contributed by atoms with E-state index in [-0.39, 0.29) is 5.69 Å². The summed E-state index contributed by atoms with van der Waals surface area (Å²) in [6, 6.07) is 15.2. The van der Waals surface area contributed by atoms with Gasteiger partial charge in [-0.25, -0.2) is 9.18 Å². The molecule has 3 aromatic rings. The third-order valence-electron chi connectivity index (χ3n) is 3.59. The highest BCUT2D eigenvalue weighted by molar-refractivity contribution is 6.02. The molecule has 0 saturated carbocycles. The Kier molecular flexibility index (Phi) is 5.36. The molecular formula is C19H15FN4O3. The molecule has 0 radical (unpaired) electrons. The van der Waals surface area contributed by atoms with Crippen molar-refractivity contribution in [2.24, 2.45) is 0 Å². The van der Waals surface area contributed by atoms with E-state index in [2.05, 4.69) is 20.8 Å². The number of carbonyl (C=O) groups excluding carboxylic acids is 2. The smallest absolute Gasteiger partial charge is 0.339 e. The minimum atomic E-state index is -0.485. The topological polar surface area (TPSA) is 93.2 Å². The van der Waals surface area contributed by atoms with Crippen LogP contribution < -0.4 is 10.6 Å². The maximum absolute atomic E-state index is 12.9. The Morgan fingerprint density at radius 2 is 1.70 bits per heavy atom. The van der Waals surface area contributed by atoms with Gasteiger partial charge in [0, 0.05) is 5.69 Å². The number of nitrogens with one attached hydrogen (secondary N) is 2. The van der Waals surface area contributed by atoms with Crippen molar-refractivity contribution in [2.75, 3.05) is 17.7 Å². The molecule has 0 atom stereocenters. The zero-order valence-corrected chi connectivity index (χ0v) is 14.3. The Hall–Kier alpha value is -3.81. The fraction of sp³-hybridized carbons (Fsp3) is 0.0526. The normalized spacial score (nSPS) is 10.1. The summed E-state index contributed by atoms with van der Waals surface area (Å²) >= 11 is 0. The molecule has 1 heterocycles. The molecule has 2 N–H and O–H groups in total. The predicted octanol–water partition coefficient (Wildman–Crippen LogP) is 3.40. The van der Waals surface area contributed by atoms with Gasteiger partial charge < -0.3 is 15.4 Å². The molecule has 0 unspecified atom stereocenters. The highest BCUT2D eigenvalue weighted by atomic mass is 19.1. The highest BCUT2D eigenvalue weighted by Gasteiger charge is 2.13. The maximum atomic E-state index is 12.9. The summed E-state index contributed by atoms with van der Waals surface area (Å²) in [6.07, 6.45) is 0. The molecule has 0 aliphatic carbocycles. The van der Waals surface area contributed by atoms with Crippen molar-refractivity contribution in [1.29, 1.82) is 0 Å². The van der Waals surface area contributed by atoms with Gasteiger partial charge in [-0.3, -0.25) is 4.79 Å². The number of ether oxygens (including phenoxy) is 1. The number of benzene rings is 2. The Balaban J connectivity index is 1.71. The second-order valence-corrected chi connectivity index (χ2v) is 5.43. The molecule has 0 spiro atoms. The number of para-hydroxylation sites is 1. The number of methoxy groups -OCH3 is 1. The fourth-order valence-electron chi connectivity index (χ4n) is 2.27. The molecule has 0 aliphatic rings. The molecule has 0 saturated heterocycles. The second-order valence-electron chi connectivity index (χ2n) is 5.43. The van der Waals surface area contributed by atoms with Gasteiger partial charge >= 0.3 is 5.97 Å². The first-order valence-corrected chi connectivity index (χ1v) is 7.92. The van der Waals surface area contributed by atoms with E-state index < -0.39 is 17.7 Å². The zero-order chi connectivity index (χ0) is 19.2. The number of amides is 1. The Bertz CT molecular complexity index is 959. The first-order valence-electron chi connectivity index (χ1n) is 7.92. The van der Waals surface area contributed by atoms with Crippen LogP contribution >= 0.6 is 0 Å². The summed E-state index contributed by atoms with van der Waals surface area (Å²) in [6.45, 7) is 0. The summed E-state index contributed by atoms with van der Waals surface area (Å²) in [5.41, 5.74) is 1.38. The minimum Gasteiger partial charge on any atom is -0.465 e. The third-order valence-corrected chi connectivity index (χ3v) is 3.59. The van der Waals surface area contributed by atoms with E-state index in [1.54, 1.807) is 30.3 Å². The van der Waals surface area contributed by atoms with Crippen LogP contribution in [0.2, 0.25) is 0 Å². The summed E-state index contributed by atoms with van der Waals surface area (Å²) in [5.74, 6) is -1.00. The van der Waals surface area contributed by atoms with E-state index >= 15 is 0 Å². The van der Waals surface area contributed by atoms with Gasteiger partial charge in [-0.05, 0) is 48.5 Å². The van der Waals surface area contributed by atoms with Crippen LogP contribution in [0.4, 0.5) is 21.6 Å². The summed E-state index contributed by atoms with van der Waals surface area (Å²) in [7, 11) is 1.30. The van der Waals surface area contributed by atoms with E-state index in [1.807, 2.05) is 0 Å². The molecule has 2 aromatic carbocycles. The fourth-order valence-corrected chi connectivity index (χ4v) is 2.27. The number of hydrogen-bond acceptors (Lipinski definition) is 6. The molecule has 1 amide bonds. The molecule has 136 valence electrons. The van der Waals surface area contributed by atoms with E-state index in [0.29, 0.717) is 22.8 Å². The number of rotatable bonds is 5. The molecule has 7 nitrogen and oxygen atoms in total. The van der Waals surface area contributed by atoms with Crippen molar-refractivity contribution in [3.63, 3.8) is 0 Å². The van der Waals surface area contributed by atoms with Gasteiger partial charge in [0.1, 0.15) is 5.82 Å². The van der Waals surface area contributed by atoms with Crippen molar-refractivity contribution in [3.05, 3.63) is 77.7 Å². The lowest BCUT2D eigenvalue weighted by molar-refractivity contribution is 0.0601. The van der Waals surface area contributed by atoms with Crippen molar-refractivity contribution in [2.45, 2.75) is 0 Å². The first-order chi connectivity index (χ1) is 13.1. The van der Waals surface area contributed by atoms with E-state index in [9.17, 15) is 14.0 Å². The molecule has 8 heteroatoms. The molecule has 0 fully saturated rings.